The van der Waals surface area contributed by atoms with E-state index in [9.17, 15) is 0 Å². The third-order valence-corrected chi connectivity index (χ3v) is 10.2. The fourth-order valence-electron chi connectivity index (χ4n) is 8.11. The predicted molar refractivity (Wildman–Crippen MR) is 161 cm³/mol. The van der Waals surface area contributed by atoms with Gasteiger partial charge in [-0.1, -0.05) is 42.8 Å². The molecule has 3 heterocycles. The van der Waals surface area contributed by atoms with Gasteiger partial charge in [0, 0.05) is 17.3 Å². The number of nitrogens with zero attached hydrogens (tertiary/aromatic N) is 6. The molecule has 210 valence electrons. The highest BCUT2D eigenvalue weighted by atomic mass is 15.4. The lowest BCUT2D eigenvalue weighted by Gasteiger charge is -2.39. The van der Waals surface area contributed by atoms with Gasteiger partial charge >= 0.3 is 0 Å². The zero-order valence-electron chi connectivity index (χ0n) is 23.5. The standard InChI is InChI=1S/C33H38N8/c34-32-36-33(39-41(32)30-20-26-6-3-5-24-4-1-2-7-28(24)31(26)38-37-30)35-27-12-10-22(11-13-27)23-14-16-40(17-15-23)29-19-21-8-9-25(29)18-21/h1-2,4,7,10-13,20-21,23,25,29H,3,5-6,8-9,14-19H2,(H3,34,35,36,39). The minimum atomic E-state index is 0.287. The molecule has 8 nitrogen and oxygen atoms in total. The van der Waals surface area contributed by atoms with Crippen LogP contribution in [0, 0.1) is 11.8 Å². The van der Waals surface area contributed by atoms with E-state index < -0.39 is 0 Å². The minimum absolute atomic E-state index is 0.287. The number of aromatic nitrogens is 5. The van der Waals surface area contributed by atoms with Crippen molar-refractivity contribution in [2.75, 3.05) is 24.1 Å². The molecule has 4 aromatic rings. The van der Waals surface area contributed by atoms with Crippen molar-refractivity contribution in [1.29, 1.82) is 0 Å². The fraction of sp³-hybridized carbons (Fsp3) is 0.455. The van der Waals surface area contributed by atoms with Crippen LogP contribution in [-0.4, -0.2) is 49.0 Å². The summed E-state index contributed by atoms with van der Waals surface area (Å²) in [4.78, 5) is 7.28. The molecule has 0 amide bonds. The van der Waals surface area contributed by atoms with E-state index in [-0.39, 0.29) is 5.95 Å². The summed E-state index contributed by atoms with van der Waals surface area (Å²) in [5.41, 5.74) is 13.3. The van der Waals surface area contributed by atoms with E-state index in [0.29, 0.717) is 17.7 Å². The van der Waals surface area contributed by atoms with Crippen LogP contribution in [0.5, 0.6) is 0 Å². The lowest BCUT2D eigenvalue weighted by atomic mass is 9.86. The molecule has 0 radical (unpaired) electrons. The summed E-state index contributed by atoms with van der Waals surface area (Å²) in [6.45, 7) is 2.49. The topological polar surface area (TPSA) is 97.8 Å². The van der Waals surface area contributed by atoms with E-state index in [1.54, 1.807) is 4.68 Å². The molecular formula is C33H38N8. The van der Waals surface area contributed by atoms with Crippen molar-refractivity contribution >= 4 is 17.6 Å². The summed E-state index contributed by atoms with van der Waals surface area (Å²) in [7, 11) is 0. The van der Waals surface area contributed by atoms with Crippen LogP contribution in [0.25, 0.3) is 17.1 Å². The van der Waals surface area contributed by atoms with Crippen LogP contribution in [0.15, 0.2) is 54.6 Å². The number of rotatable bonds is 5. The molecule has 41 heavy (non-hydrogen) atoms. The van der Waals surface area contributed by atoms with Crippen molar-refractivity contribution in [3.8, 4) is 17.1 Å². The van der Waals surface area contributed by atoms with Crippen molar-refractivity contribution in [1.82, 2.24) is 29.9 Å². The summed E-state index contributed by atoms with van der Waals surface area (Å²) in [6, 6.07) is 20.2. The maximum absolute atomic E-state index is 6.29. The van der Waals surface area contributed by atoms with Crippen LogP contribution in [-0.2, 0) is 12.8 Å². The van der Waals surface area contributed by atoms with Crippen molar-refractivity contribution in [2.24, 2.45) is 11.8 Å². The van der Waals surface area contributed by atoms with E-state index >= 15 is 0 Å². The van der Waals surface area contributed by atoms with Crippen LogP contribution in [0.1, 0.15) is 67.6 Å². The highest BCUT2D eigenvalue weighted by Gasteiger charge is 2.42. The van der Waals surface area contributed by atoms with Gasteiger partial charge in [0.25, 0.3) is 0 Å². The van der Waals surface area contributed by atoms with Gasteiger partial charge in [0.1, 0.15) is 0 Å². The Morgan fingerprint density at radius 1 is 0.854 bits per heavy atom. The van der Waals surface area contributed by atoms with E-state index in [0.717, 1.165) is 48.5 Å². The third kappa shape index (κ3) is 4.68. The smallest absolute Gasteiger partial charge is 0.248 e. The number of benzene rings is 2. The minimum Gasteiger partial charge on any atom is -0.368 e. The summed E-state index contributed by atoms with van der Waals surface area (Å²) in [5, 5.41) is 17.1. The molecule has 3 aliphatic carbocycles. The first kappa shape index (κ1) is 25.0. The van der Waals surface area contributed by atoms with Crippen molar-refractivity contribution in [2.45, 2.75) is 69.7 Å². The maximum Gasteiger partial charge on any atom is 0.248 e. The molecular weight excluding hydrogens is 508 g/mol. The number of piperidine rings is 1. The summed E-state index contributed by atoms with van der Waals surface area (Å²) in [5.74, 6) is 3.98. The zero-order chi connectivity index (χ0) is 27.3. The molecule has 3 N–H and O–H groups in total. The van der Waals surface area contributed by atoms with Crippen molar-refractivity contribution < 1.29 is 0 Å². The predicted octanol–water partition coefficient (Wildman–Crippen LogP) is 5.91. The van der Waals surface area contributed by atoms with E-state index in [1.165, 1.54) is 73.9 Å². The highest BCUT2D eigenvalue weighted by molar-refractivity contribution is 5.68. The van der Waals surface area contributed by atoms with Gasteiger partial charge in [0.2, 0.25) is 11.9 Å². The molecule has 2 saturated carbocycles. The number of aryl methyl sites for hydroxylation is 2. The largest absolute Gasteiger partial charge is 0.368 e. The number of hydrogen-bond acceptors (Lipinski definition) is 7. The van der Waals surface area contributed by atoms with Crippen molar-refractivity contribution in [3.63, 3.8) is 0 Å². The maximum atomic E-state index is 6.29. The van der Waals surface area contributed by atoms with Gasteiger partial charge in [-0.15, -0.1) is 15.3 Å². The van der Waals surface area contributed by atoms with Crippen molar-refractivity contribution in [3.05, 3.63) is 71.3 Å². The Hall–Kier alpha value is -3.78. The van der Waals surface area contributed by atoms with Crippen LogP contribution in [0.4, 0.5) is 17.6 Å². The molecule has 2 aromatic heterocycles. The van der Waals surface area contributed by atoms with Gasteiger partial charge < -0.3 is 16.0 Å². The van der Waals surface area contributed by atoms with Gasteiger partial charge in [-0.3, -0.25) is 0 Å². The Morgan fingerprint density at radius 3 is 2.49 bits per heavy atom. The molecule has 3 atom stereocenters. The molecule has 1 saturated heterocycles. The Balaban J connectivity index is 0.935. The Labute approximate surface area is 241 Å². The van der Waals surface area contributed by atoms with Crippen LogP contribution in [0.2, 0.25) is 0 Å². The number of hydrogen-bond donors (Lipinski definition) is 2. The molecule has 2 aromatic carbocycles. The van der Waals surface area contributed by atoms with Gasteiger partial charge in [0.15, 0.2) is 5.82 Å². The monoisotopic (exact) mass is 546 g/mol. The second-order valence-electron chi connectivity index (χ2n) is 12.6. The number of fused-ring (bicyclic) bond motifs is 5. The number of anilines is 3. The van der Waals surface area contributed by atoms with Gasteiger partial charge in [-0.05, 0) is 117 Å². The molecule has 8 heteroatoms. The first-order valence-corrected chi connectivity index (χ1v) is 15.5. The number of likely N-dealkylation sites (tertiary alicyclic amines) is 1. The van der Waals surface area contributed by atoms with Gasteiger partial charge in [-0.2, -0.15) is 9.67 Å². The average Bonchev–Trinajstić information content (AvgIpc) is 3.71. The summed E-state index contributed by atoms with van der Waals surface area (Å²) < 4.78 is 1.57. The SMILES string of the molecule is Nc1nc(Nc2ccc(C3CCN(C4CC5CCC4C5)CC3)cc2)nn1-c1cc2c(nn1)-c1ccccc1CCC2. The first-order chi connectivity index (χ1) is 20.2. The lowest BCUT2D eigenvalue weighted by molar-refractivity contribution is 0.111. The first-order valence-electron chi connectivity index (χ1n) is 15.5. The molecule has 0 spiro atoms. The fourth-order valence-corrected chi connectivity index (χ4v) is 8.11. The highest BCUT2D eigenvalue weighted by Crippen LogP contribution is 2.47. The molecule has 3 fully saturated rings. The summed E-state index contributed by atoms with van der Waals surface area (Å²) >= 11 is 0. The summed E-state index contributed by atoms with van der Waals surface area (Å²) in [6.07, 6.45) is 11.5. The lowest BCUT2D eigenvalue weighted by Crippen LogP contribution is -2.43. The van der Waals surface area contributed by atoms with Crippen LogP contribution in [0.3, 0.4) is 0 Å². The zero-order valence-corrected chi connectivity index (χ0v) is 23.5. The second kappa shape index (κ2) is 10.2. The van der Waals surface area contributed by atoms with Crippen LogP contribution < -0.4 is 11.1 Å². The van der Waals surface area contributed by atoms with E-state index in [1.807, 2.05) is 0 Å². The Morgan fingerprint density at radius 2 is 1.68 bits per heavy atom. The molecule has 3 unspecified atom stereocenters. The molecule has 8 rings (SSSR count). The van der Waals surface area contributed by atoms with Gasteiger partial charge in [-0.25, -0.2) is 0 Å². The average molecular weight is 547 g/mol. The number of nitrogens with two attached hydrogens (primary N) is 1. The number of nitrogen functional groups attached to an aromatic ring is 1. The molecule has 2 bridgehead atoms. The third-order valence-electron chi connectivity index (χ3n) is 10.2. The quantitative estimate of drug-likeness (QED) is 0.321. The molecule has 1 aliphatic heterocycles. The van der Waals surface area contributed by atoms with Crippen LogP contribution >= 0.6 is 0 Å². The van der Waals surface area contributed by atoms with Gasteiger partial charge in [0.05, 0.1) is 5.69 Å². The van der Waals surface area contributed by atoms with E-state index in [2.05, 4.69) is 85.1 Å². The Bertz CT molecular complexity index is 1550. The second-order valence-corrected chi connectivity index (χ2v) is 12.6. The normalized spacial score (nSPS) is 24.1. The molecule has 4 aliphatic rings. The number of nitrogens with one attached hydrogen (secondary N) is 1. The van der Waals surface area contributed by atoms with E-state index in [4.69, 9.17) is 5.73 Å². The Kier molecular flexibility index (Phi) is 6.24.